The number of morpholine rings is 1. The second-order valence-corrected chi connectivity index (χ2v) is 6.18. The van der Waals surface area contributed by atoms with Crippen molar-refractivity contribution in [2.24, 2.45) is 5.92 Å². The first-order valence-electron chi connectivity index (χ1n) is 7.21. The van der Waals surface area contributed by atoms with Crippen molar-refractivity contribution in [1.82, 2.24) is 5.32 Å². The molecule has 0 aromatic rings. The van der Waals surface area contributed by atoms with Gasteiger partial charge in [-0.1, -0.05) is 26.2 Å². The van der Waals surface area contributed by atoms with Gasteiger partial charge in [0.05, 0.1) is 12.7 Å². The van der Waals surface area contributed by atoms with Gasteiger partial charge in [-0.25, -0.2) is 0 Å². The maximum atomic E-state index is 6.15. The summed E-state index contributed by atoms with van der Waals surface area (Å²) in [5.41, 5.74) is 0.372. The average molecular weight is 223 g/mol. The summed E-state index contributed by atoms with van der Waals surface area (Å²) >= 11 is 0. The van der Waals surface area contributed by atoms with Crippen molar-refractivity contribution in [1.29, 1.82) is 0 Å². The third-order valence-electron chi connectivity index (χ3n) is 5.10. The van der Waals surface area contributed by atoms with Crippen LogP contribution < -0.4 is 5.32 Å². The molecule has 2 nitrogen and oxygen atoms in total. The molecule has 1 heterocycles. The van der Waals surface area contributed by atoms with Crippen LogP contribution >= 0.6 is 0 Å². The van der Waals surface area contributed by atoms with Gasteiger partial charge in [-0.3, -0.25) is 0 Å². The zero-order valence-electron chi connectivity index (χ0n) is 10.5. The Labute approximate surface area is 99.1 Å². The van der Waals surface area contributed by atoms with Crippen LogP contribution in [-0.4, -0.2) is 24.3 Å². The Bertz CT molecular complexity index is 247. The Kier molecular flexibility index (Phi) is 2.97. The van der Waals surface area contributed by atoms with Crippen molar-refractivity contribution in [3.05, 3.63) is 0 Å². The lowest BCUT2D eigenvalue weighted by molar-refractivity contribution is -0.0841. The Morgan fingerprint density at radius 3 is 2.81 bits per heavy atom. The fraction of sp³-hybridized carbons (Fsp3) is 1.00. The Morgan fingerprint density at radius 2 is 2.06 bits per heavy atom. The van der Waals surface area contributed by atoms with E-state index in [1.807, 2.05) is 0 Å². The molecular formula is C14H25NO. The van der Waals surface area contributed by atoms with Crippen molar-refractivity contribution >= 4 is 0 Å². The summed E-state index contributed by atoms with van der Waals surface area (Å²) < 4.78 is 6.15. The molecule has 1 aliphatic heterocycles. The normalized spacial score (nSPS) is 42.2. The molecule has 3 unspecified atom stereocenters. The van der Waals surface area contributed by atoms with Gasteiger partial charge in [-0.15, -0.1) is 0 Å². The van der Waals surface area contributed by atoms with Gasteiger partial charge in [-0.2, -0.15) is 0 Å². The zero-order chi connectivity index (χ0) is 11.0. The van der Waals surface area contributed by atoms with Crippen LogP contribution in [0.15, 0.2) is 0 Å². The topological polar surface area (TPSA) is 21.3 Å². The summed E-state index contributed by atoms with van der Waals surface area (Å²) in [6.07, 6.45) is 11.4. The summed E-state index contributed by atoms with van der Waals surface area (Å²) in [7, 11) is 0. The second-order valence-electron chi connectivity index (χ2n) is 6.18. The minimum atomic E-state index is 0.372. The molecule has 0 aromatic carbocycles. The van der Waals surface area contributed by atoms with E-state index < -0.39 is 0 Å². The van der Waals surface area contributed by atoms with Gasteiger partial charge in [0, 0.05) is 11.6 Å². The monoisotopic (exact) mass is 223 g/mol. The SMILES string of the molecule is CCC1CCC2OCC3(CCCC3)NC2C1. The van der Waals surface area contributed by atoms with Gasteiger partial charge in [0.2, 0.25) is 0 Å². The van der Waals surface area contributed by atoms with Crippen molar-refractivity contribution < 1.29 is 4.74 Å². The van der Waals surface area contributed by atoms with Gasteiger partial charge in [-0.05, 0) is 38.0 Å². The van der Waals surface area contributed by atoms with Gasteiger partial charge in [0.15, 0.2) is 0 Å². The summed E-state index contributed by atoms with van der Waals surface area (Å²) in [5.74, 6) is 0.939. The third kappa shape index (κ3) is 1.91. The first-order chi connectivity index (χ1) is 7.81. The van der Waals surface area contributed by atoms with E-state index in [0.29, 0.717) is 17.7 Å². The van der Waals surface area contributed by atoms with Crippen molar-refractivity contribution in [2.75, 3.05) is 6.61 Å². The molecule has 0 bridgehead atoms. The highest BCUT2D eigenvalue weighted by molar-refractivity contribution is 5.01. The first kappa shape index (κ1) is 11.0. The fourth-order valence-corrected chi connectivity index (χ4v) is 3.99. The molecule has 0 aromatic heterocycles. The molecule has 3 atom stereocenters. The van der Waals surface area contributed by atoms with E-state index >= 15 is 0 Å². The van der Waals surface area contributed by atoms with Crippen LogP contribution in [0.4, 0.5) is 0 Å². The standard InChI is InChI=1S/C14H25NO/c1-2-11-5-6-13-12(9-11)15-14(10-16-13)7-3-4-8-14/h11-13,15H,2-10H2,1H3. The quantitative estimate of drug-likeness (QED) is 0.738. The predicted molar refractivity (Wildman–Crippen MR) is 65.5 cm³/mol. The molecular weight excluding hydrogens is 198 g/mol. The van der Waals surface area contributed by atoms with Crippen molar-refractivity contribution in [3.63, 3.8) is 0 Å². The molecule has 1 N–H and O–H groups in total. The third-order valence-corrected chi connectivity index (χ3v) is 5.10. The van der Waals surface area contributed by atoms with E-state index in [1.165, 1.54) is 51.4 Å². The Morgan fingerprint density at radius 1 is 1.25 bits per heavy atom. The lowest BCUT2D eigenvalue weighted by Crippen LogP contribution is -2.62. The highest BCUT2D eigenvalue weighted by atomic mass is 16.5. The average Bonchev–Trinajstić information content (AvgIpc) is 2.76. The minimum Gasteiger partial charge on any atom is -0.375 e. The van der Waals surface area contributed by atoms with Crippen LogP contribution in [0.5, 0.6) is 0 Å². The number of ether oxygens (including phenoxy) is 1. The maximum absolute atomic E-state index is 6.15. The summed E-state index contributed by atoms with van der Waals surface area (Å²) in [4.78, 5) is 0. The van der Waals surface area contributed by atoms with Crippen LogP contribution in [0.3, 0.4) is 0 Å². The fourth-order valence-electron chi connectivity index (χ4n) is 3.99. The minimum absolute atomic E-state index is 0.372. The van der Waals surface area contributed by atoms with Crippen LogP contribution in [-0.2, 0) is 4.74 Å². The van der Waals surface area contributed by atoms with Crippen molar-refractivity contribution in [2.45, 2.75) is 76.0 Å². The summed E-state index contributed by atoms with van der Waals surface area (Å²) in [6, 6.07) is 0.658. The highest BCUT2D eigenvalue weighted by Gasteiger charge is 2.44. The number of hydrogen-bond acceptors (Lipinski definition) is 2. The lowest BCUT2D eigenvalue weighted by atomic mass is 9.79. The predicted octanol–water partition coefficient (Wildman–Crippen LogP) is 2.87. The highest BCUT2D eigenvalue weighted by Crippen LogP contribution is 2.38. The van der Waals surface area contributed by atoms with Crippen LogP contribution in [0.25, 0.3) is 0 Å². The molecule has 3 rings (SSSR count). The van der Waals surface area contributed by atoms with Gasteiger partial charge >= 0.3 is 0 Å². The van der Waals surface area contributed by atoms with E-state index in [2.05, 4.69) is 12.2 Å². The van der Waals surface area contributed by atoms with Gasteiger partial charge in [0.1, 0.15) is 0 Å². The molecule has 1 spiro atoms. The van der Waals surface area contributed by atoms with E-state index in [-0.39, 0.29) is 0 Å². The van der Waals surface area contributed by atoms with Gasteiger partial charge < -0.3 is 10.1 Å². The molecule has 92 valence electrons. The number of rotatable bonds is 1. The van der Waals surface area contributed by atoms with E-state index in [4.69, 9.17) is 4.74 Å². The molecule has 2 saturated carbocycles. The Hall–Kier alpha value is -0.0800. The Balaban J connectivity index is 1.67. The second kappa shape index (κ2) is 4.30. The van der Waals surface area contributed by atoms with Crippen LogP contribution in [0.2, 0.25) is 0 Å². The molecule has 0 radical (unpaired) electrons. The number of nitrogens with one attached hydrogen (secondary N) is 1. The molecule has 1 saturated heterocycles. The molecule has 0 amide bonds. The van der Waals surface area contributed by atoms with E-state index in [0.717, 1.165) is 12.5 Å². The lowest BCUT2D eigenvalue weighted by Gasteiger charge is -2.47. The van der Waals surface area contributed by atoms with Crippen LogP contribution in [0.1, 0.15) is 58.3 Å². The number of hydrogen-bond donors (Lipinski definition) is 1. The summed E-state index contributed by atoms with van der Waals surface area (Å²) in [5, 5.41) is 3.97. The van der Waals surface area contributed by atoms with E-state index in [9.17, 15) is 0 Å². The smallest absolute Gasteiger partial charge is 0.0729 e. The summed E-state index contributed by atoms with van der Waals surface area (Å²) in [6.45, 7) is 3.31. The zero-order valence-corrected chi connectivity index (χ0v) is 10.5. The maximum Gasteiger partial charge on any atom is 0.0729 e. The van der Waals surface area contributed by atoms with E-state index in [1.54, 1.807) is 0 Å². The molecule has 3 fully saturated rings. The first-order valence-corrected chi connectivity index (χ1v) is 7.21. The molecule has 16 heavy (non-hydrogen) atoms. The molecule has 2 aliphatic carbocycles. The molecule has 2 heteroatoms. The van der Waals surface area contributed by atoms with Gasteiger partial charge in [0.25, 0.3) is 0 Å². The van der Waals surface area contributed by atoms with Crippen LogP contribution in [0, 0.1) is 5.92 Å². The molecule has 3 aliphatic rings. The van der Waals surface area contributed by atoms with Crippen molar-refractivity contribution in [3.8, 4) is 0 Å². The number of fused-ring (bicyclic) bond motifs is 1. The largest absolute Gasteiger partial charge is 0.375 e.